The van der Waals surface area contributed by atoms with Crippen molar-refractivity contribution in [1.29, 1.82) is 0 Å². The molecule has 2 aliphatic heterocycles. The second kappa shape index (κ2) is 13.7. The van der Waals surface area contributed by atoms with Crippen LogP contribution in [0.5, 0.6) is 5.75 Å². The molecule has 2 aromatic rings. The minimum atomic E-state index is -4.50. The fourth-order valence-electron chi connectivity index (χ4n) is 5.85. The van der Waals surface area contributed by atoms with E-state index in [2.05, 4.69) is 10.2 Å². The summed E-state index contributed by atoms with van der Waals surface area (Å²) in [6.07, 6.45) is -3.14. The molecule has 0 bridgehead atoms. The van der Waals surface area contributed by atoms with Gasteiger partial charge in [0.05, 0.1) is 19.2 Å². The summed E-state index contributed by atoms with van der Waals surface area (Å²) in [7, 11) is 5.51. The van der Waals surface area contributed by atoms with Crippen LogP contribution in [0.2, 0.25) is 0 Å². The molecule has 4 amide bonds. The standard InChI is InChI=1S/C31H40F3N5O4/c1-21-15-22(17-24(16-21)31(32,33)34)18-35-30(42)38-14-12-28(40)39-25(10-7-8-13-36(2)3)29(41)37(20-27(38)39)19-23-9-5-6-11-26(23)43-4/h5-6,9,11,15-17,25,27H,7-8,10,12-14,18-20H2,1-4H3,(H,35,42)/t25-,27+/m0/s1. The first kappa shape index (κ1) is 32.1. The van der Waals surface area contributed by atoms with Gasteiger partial charge in [0, 0.05) is 31.6 Å². The third-order valence-corrected chi connectivity index (χ3v) is 7.91. The van der Waals surface area contributed by atoms with Crippen molar-refractivity contribution in [2.24, 2.45) is 0 Å². The number of nitrogens with one attached hydrogen (secondary N) is 1. The average molecular weight is 604 g/mol. The minimum Gasteiger partial charge on any atom is -0.496 e. The molecule has 0 saturated carbocycles. The minimum absolute atomic E-state index is 0.0561. The number of halogens is 3. The Hall–Kier alpha value is -3.80. The molecule has 4 rings (SSSR count). The molecule has 234 valence electrons. The number of hydrogen-bond donors (Lipinski definition) is 1. The highest BCUT2D eigenvalue weighted by Crippen LogP contribution is 2.32. The number of benzene rings is 2. The van der Waals surface area contributed by atoms with Gasteiger partial charge < -0.3 is 29.7 Å². The van der Waals surface area contributed by atoms with E-state index in [4.69, 9.17) is 4.74 Å². The number of para-hydroxylation sites is 1. The second-order valence-corrected chi connectivity index (χ2v) is 11.4. The molecule has 2 fully saturated rings. The van der Waals surface area contributed by atoms with Gasteiger partial charge in [0.25, 0.3) is 0 Å². The molecule has 9 nitrogen and oxygen atoms in total. The number of nitrogens with zero attached hydrogens (tertiary/aromatic N) is 4. The molecule has 12 heteroatoms. The lowest BCUT2D eigenvalue weighted by atomic mass is 9.98. The Morgan fingerprint density at radius 1 is 1.12 bits per heavy atom. The predicted octanol–water partition coefficient (Wildman–Crippen LogP) is 4.24. The number of carbonyl (C=O) groups excluding carboxylic acids is 3. The van der Waals surface area contributed by atoms with Gasteiger partial charge in [-0.15, -0.1) is 0 Å². The van der Waals surface area contributed by atoms with Crippen LogP contribution in [0.25, 0.3) is 0 Å². The van der Waals surface area contributed by atoms with Crippen LogP contribution in [0, 0.1) is 6.92 Å². The number of aryl methyl sites for hydroxylation is 1. The molecule has 1 N–H and O–H groups in total. The van der Waals surface area contributed by atoms with Gasteiger partial charge in [-0.25, -0.2) is 4.79 Å². The Labute approximate surface area is 250 Å². The summed E-state index contributed by atoms with van der Waals surface area (Å²) in [5.74, 6) is 0.262. The molecule has 2 saturated heterocycles. The lowest BCUT2D eigenvalue weighted by Crippen LogP contribution is -2.71. The van der Waals surface area contributed by atoms with E-state index in [-0.39, 0.29) is 44.4 Å². The molecular weight excluding hydrogens is 563 g/mol. The van der Waals surface area contributed by atoms with E-state index < -0.39 is 30.0 Å². The lowest BCUT2D eigenvalue weighted by Gasteiger charge is -2.52. The monoisotopic (exact) mass is 603 g/mol. The van der Waals surface area contributed by atoms with Crippen LogP contribution in [0.1, 0.15) is 47.9 Å². The summed E-state index contributed by atoms with van der Waals surface area (Å²) in [6, 6.07) is 9.83. The number of piperazine rings is 1. The Kier molecular flexibility index (Phi) is 10.2. The number of methoxy groups -OCH3 is 1. The number of carbonyl (C=O) groups is 3. The number of alkyl halides is 3. The molecule has 2 aliphatic rings. The summed E-state index contributed by atoms with van der Waals surface area (Å²) in [6.45, 7) is 2.78. The van der Waals surface area contributed by atoms with E-state index in [1.165, 1.54) is 4.90 Å². The fourth-order valence-corrected chi connectivity index (χ4v) is 5.85. The molecule has 0 aromatic heterocycles. The van der Waals surface area contributed by atoms with Gasteiger partial charge in [-0.2, -0.15) is 13.2 Å². The highest BCUT2D eigenvalue weighted by atomic mass is 19.4. The van der Waals surface area contributed by atoms with Crippen molar-refractivity contribution in [1.82, 2.24) is 24.9 Å². The molecular formula is C31H40F3N5O4. The van der Waals surface area contributed by atoms with Crippen molar-refractivity contribution in [3.8, 4) is 5.75 Å². The van der Waals surface area contributed by atoms with Crippen LogP contribution in [-0.4, -0.2) is 90.5 Å². The van der Waals surface area contributed by atoms with Crippen molar-refractivity contribution < 1.29 is 32.3 Å². The van der Waals surface area contributed by atoms with Crippen molar-refractivity contribution in [3.05, 3.63) is 64.7 Å². The average Bonchev–Trinajstić information content (AvgIpc) is 2.95. The molecule has 0 spiro atoms. The van der Waals surface area contributed by atoms with Gasteiger partial charge in [-0.05, 0) is 70.6 Å². The molecule has 0 aliphatic carbocycles. The highest BCUT2D eigenvalue weighted by Gasteiger charge is 2.48. The van der Waals surface area contributed by atoms with Gasteiger partial charge in [0.2, 0.25) is 11.8 Å². The van der Waals surface area contributed by atoms with Crippen LogP contribution in [-0.2, 0) is 28.9 Å². The van der Waals surface area contributed by atoms with Crippen LogP contribution in [0.3, 0.4) is 0 Å². The summed E-state index contributed by atoms with van der Waals surface area (Å²) in [4.78, 5) is 47.4. The van der Waals surface area contributed by atoms with Crippen LogP contribution in [0.15, 0.2) is 42.5 Å². The van der Waals surface area contributed by atoms with Crippen LogP contribution in [0.4, 0.5) is 18.0 Å². The first-order valence-electron chi connectivity index (χ1n) is 14.5. The van der Waals surface area contributed by atoms with Crippen LogP contribution < -0.4 is 10.1 Å². The molecule has 43 heavy (non-hydrogen) atoms. The topological polar surface area (TPSA) is 85.4 Å². The van der Waals surface area contributed by atoms with E-state index in [1.54, 1.807) is 29.9 Å². The van der Waals surface area contributed by atoms with Gasteiger partial charge >= 0.3 is 12.2 Å². The van der Waals surface area contributed by atoms with E-state index in [9.17, 15) is 27.6 Å². The molecule has 2 atom stereocenters. The number of hydrogen-bond acceptors (Lipinski definition) is 5. The normalized spacial score (nSPS) is 19.1. The van der Waals surface area contributed by atoms with E-state index >= 15 is 0 Å². The van der Waals surface area contributed by atoms with Gasteiger partial charge in [0.15, 0.2) is 0 Å². The SMILES string of the molecule is COc1ccccc1CN1C[C@@H]2N(C(=O)NCc3cc(C)cc(C(F)(F)F)c3)CCC(=O)N2[C@@H](CCCCN(C)C)C1=O. The van der Waals surface area contributed by atoms with Crippen molar-refractivity contribution in [2.75, 3.05) is 40.8 Å². The van der Waals surface area contributed by atoms with Crippen molar-refractivity contribution in [2.45, 2.75) is 64.1 Å². The van der Waals surface area contributed by atoms with Crippen LogP contribution >= 0.6 is 0 Å². The number of unbranched alkanes of at least 4 members (excludes halogenated alkanes) is 1. The molecule has 0 unspecified atom stereocenters. The number of fused-ring (bicyclic) bond motifs is 1. The second-order valence-electron chi connectivity index (χ2n) is 11.4. The fraction of sp³-hybridized carbons (Fsp3) is 0.516. The van der Waals surface area contributed by atoms with E-state index in [0.29, 0.717) is 29.7 Å². The molecule has 2 heterocycles. The Morgan fingerprint density at radius 2 is 1.86 bits per heavy atom. The van der Waals surface area contributed by atoms with Crippen molar-refractivity contribution in [3.63, 3.8) is 0 Å². The smallest absolute Gasteiger partial charge is 0.416 e. The van der Waals surface area contributed by atoms with E-state index in [0.717, 1.165) is 30.7 Å². The largest absolute Gasteiger partial charge is 0.496 e. The Bertz CT molecular complexity index is 1320. The quantitative estimate of drug-likeness (QED) is 0.411. The summed E-state index contributed by atoms with van der Waals surface area (Å²) < 4.78 is 45.5. The maximum Gasteiger partial charge on any atom is 0.416 e. The number of ether oxygens (including phenoxy) is 1. The van der Waals surface area contributed by atoms with E-state index in [1.807, 2.05) is 38.4 Å². The summed E-state index contributed by atoms with van der Waals surface area (Å²) in [5, 5.41) is 2.75. The zero-order valence-electron chi connectivity index (χ0n) is 25.1. The van der Waals surface area contributed by atoms with Gasteiger partial charge in [-0.1, -0.05) is 29.8 Å². The number of amides is 4. The lowest BCUT2D eigenvalue weighted by molar-refractivity contribution is -0.167. The molecule has 2 aromatic carbocycles. The maximum absolute atomic E-state index is 13.9. The third-order valence-electron chi connectivity index (χ3n) is 7.91. The Morgan fingerprint density at radius 3 is 2.56 bits per heavy atom. The summed E-state index contributed by atoms with van der Waals surface area (Å²) >= 11 is 0. The van der Waals surface area contributed by atoms with Crippen molar-refractivity contribution >= 4 is 17.8 Å². The Balaban J connectivity index is 1.57. The summed E-state index contributed by atoms with van der Waals surface area (Å²) in [5.41, 5.74) is 0.780. The zero-order chi connectivity index (χ0) is 31.3. The highest BCUT2D eigenvalue weighted by molar-refractivity contribution is 5.91. The first-order valence-corrected chi connectivity index (χ1v) is 14.5. The van der Waals surface area contributed by atoms with Gasteiger partial charge in [0.1, 0.15) is 18.0 Å². The molecule has 0 radical (unpaired) electrons. The number of urea groups is 1. The zero-order valence-corrected chi connectivity index (χ0v) is 25.1. The first-order chi connectivity index (χ1) is 20.4. The predicted molar refractivity (Wildman–Crippen MR) is 155 cm³/mol. The maximum atomic E-state index is 13.9. The van der Waals surface area contributed by atoms with Gasteiger partial charge in [-0.3, -0.25) is 9.59 Å². The number of rotatable bonds is 10. The third kappa shape index (κ3) is 7.78.